The monoisotopic (exact) mass is 326 g/mol. The van der Waals surface area contributed by atoms with Gasteiger partial charge in [-0.05, 0) is 24.6 Å². The molecule has 0 aliphatic carbocycles. The summed E-state index contributed by atoms with van der Waals surface area (Å²) in [7, 11) is 1.76. The van der Waals surface area contributed by atoms with Gasteiger partial charge in [0.2, 0.25) is 5.91 Å². The van der Waals surface area contributed by atoms with Gasteiger partial charge in [0.1, 0.15) is 12.7 Å². The maximum atomic E-state index is 12.2. The fraction of sp³-hybridized carbons (Fsp3) is 0.357. The third-order valence-corrected chi connectivity index (χ3v) is 3.97. The van der Waals surface area contributed by atoms with Gasteiger partial charge in [-0.1, -0.05) is 29.3 Å². The molecule has 1 heterocycles. The van der Waals surface area contributed by atoms with Crippen molar-refractivity contribution in [2.45, 2.75) is 25.9 Å². The summed E-state index contributed by atoms with van der Waals surface area (Å²) in [6, 6.07) is 5.17. The number of hydrogen-bond donors (Lipinski definition) is 0. The molecule has 1 amide bonds. The van der Waals surface area contributed by atoms with Crippen molar-refractivity contribution in [2.75, 3.05) is 7.05 Å². The molecule has 1 aromatic carbocycles. The number of nitrogens with zero attached hydrogens (tertiary/aromatic N) is 4. The topological polar surface area (TPSA) is 51.0 Å². The van der Waals surface area contributed by atoms with E-state index in [2.05, 4.69) is 10.1 Å². The van der Waals surface area contributed by atoms with E-state index < -0.39 is 0 Å². The van der Waals surface area contributed by atoms with Gasteiger partial charge in [-0.25, -0.2) is 4.98 Å². The van der Waals surface area contributed by atoms with Gasteiger partial charge < -0.3 is 4.90 Å². The van der Waals surface area contributed by atoms with Crippen molar-refractivity contribution in [3.8, 4) is 0 Å². The number of carbonyl (C=O) groups is 1. The Kier molecular flexibility index (Phi) is 5.20. The molecule has 7 heteroatoms. The summed E-state index contributed by atoms with van der Waals surface area (Å²) in [6.07, 6.45) is 3.40. The lowest BCUT2D eigenvalue weighted by Crippen LogP contribution is -2.30. The van der Waals surface area contributed by atoms with E-state index >= 15 is 0 Å². The van der Waals surface area contributed by atoms with Crippen molar-refractivity contribution in [2.24, 2.45) is 0 Å². The fourth-order valence-electron chi connectivity index (χ4n) is 2.00. The number of hydrogen-bond acceptors (Lipinski definition) is 3. The zero-order valence-electron chi connectivity index (χ0n) is 11.8. The first-order valence-electron chi connectivity index (χ1n) is 6.52. The van der Waals surface area contributed by atoms with Gasteiger partial charge in [0.15, 0.2) is 0 Å². The number of aryl methyl sites for hydroxylation is 1. The Bertz CT molecular complexity index is 615. The number of aromatic nitrogens is 3. The van der Waals surface area contributed by atoms with Gasteiger partial charge in [-0.15, -0.1) is 0 Å². The molecule has 112 valence electrons. The van der Waals surface area contributed by atoms with Crippen molar-refractivity contribution in [3.05, 3.63) is 46.5 Å². The number of benzene rings is 1. The lowest BCUT2D eigenvalue weighted by molar-refractivity contribution is -0.132. The van der Waals surface area contributed by atoms with Gasteiger partial charge in [0.05, 0.1) is 12.6 Å². The summed E-state index contributed by atoms with van der Waals surface area (Å²) >= 11 is 12.1. The van der Waals surface area contributed by atoms with E-state index in [0.717, 1.165) is 5.56 Å². The predicted molar refractivity (Wildman–Crippen MR) is 82.3 cm³/mol. The van der Waals surface area contributed by atoms with Crippen molar-refractivity contribution >= 4 is 29.1 Å². The van der Waals surface area contributed by atoms with Crippen molar-refractivity contribution in [1.82, 2.24) is 19.7 Å². The van der Waals surface area contributed by atoms with E-state index in [9.17, 15) is 4.79 Å². The molecule has 5 nitrogen and oxygen atoms in total. The molecule has 0 bridgehead atoms. The molecule has 0 spiro atoms. The highest BCUT2D eigenvalue weighted by Gasteiger charge is 2.19. The van der Waals surface area contributed by atoms with Gasteiger partial charge >= 0.3 is 0 Å². The normalized spacial score (nSPS) is 12.2. The predicted octanol–water partition coefficient (Wildman–Crippen LogP) is 3.19. The third-order valence-electron chi connectivity index (χ3n) is 3.41. The van der Waals surface area contributed by atoms with Crippen LogP contribution in [0.25, 0.3) is 0 Å². The second-order valence-corrected chi connectivity index (χ2v) is 5.60. The maximum Gasteiger partial charge on any atom is 0.224 e. The Morgan fingerprint density at radius 2 is 2.19 bits per heavy atom. The first kappa shape index (κ1) is 15.8. The van der Waals surface area contributed by atoms with Crippen LogP contribution in [-0.2, 0) is 11.3 Å². The van der Waals surface area contributed by atoms with E-state index in [1.54, 1.807) is 35.1 Å². The van der Waals surface area contributed by atoms with Crippen LogP contribution in [0.15, 0.2) is 30.9 Å². The number of amides is 1. The molecule has 0 fully saturated rings. The van der Waals surface area contributed by atoms with Gasteiger partial charge in [-0.3, -0.25) is 9.48 Å². The molecule has 0 aliphatic heterocycles. The fourth-order valence-corrected chi connectivity index (χ4v) is 2.57. The quantitative estimate of drug-likeness (QED) is 0.847. The second kappa shape index (κ2) is 6.91. The second-order valence-electron chi connectivity index (χ2n) is 4.76. The van der Waals surface area contributed by atoms with Crippen LogP contribution in [0.4, 0.5) is 0 Å². The molecular formula is C14H16Cl2N4O. The minimum Gasteiger partial charge on any atom is -0.339 e. The van der Waals surface area contributed by atoms with E-state index in [1.807, 2.05) is 13.0 Å². The smallest absolute Gasteiger partial charge is 0.224 e. The average Bonchev–Trinajstić information content (AvgIpc) is 2.96. The van der Waals surface area contributed by atoms with E-state index in [-0.39, 0.29) is 11.9 Å². The van der Waals surface area contributed by atoms with Crippen LogP contribution in [0.1, 0.15) is 24.9 Å². The first-order chi connectivity index (χ1) is 9.99. The SMILES string of the molecule is CC(c1ccc(Cl)cc1Cl)N(C)C(=O)CCn1cncn1. The van der Waals surface area contributed by atoms with Crippen LogP contribution in [0.3, 0.4) is 0 Å². The summed E-state index contributed by atoms with van der Waals surface area (Å²) in [5.41, 5.74) is 0.873. The van der Waals surface area contributed by atoms with Crippen LogP contribution in [0.2, 0.25) is 10.0 Å². The summed E-state index contributed by atoms with van der Waals surface area (Å²) in [6.45, 7) is 2.44. The minimum atomic E-state index is -0.127. The Labute approximate surface area is 133 Å². The summed E-state index contributed by atoms with van der Waals surface area (Å²) in [4.78, 5) is 17.7. The van der Waals surface area contributed by atoms with Crippen molar-refractivity contribution < 1.29 is 4.79 Å². The first-order valence-corrected chi connectivity index (χ1v) is 7.27. The van der Waals surface area contributed by atoms with Crippen LogP contribution < -0.4 is 0 Å². The van der Waals surface area contributed by atoms with E-state index in [0.29, 0.717) is 23.0 Å². The van der Waals surface area contributed by atoms with Crippen LogP contribution in [-0.4, -0.2) is 32.6 Å². The highest BCUT2D eigenvalue weighted by molar-refractivity contribution is 6.35. The Morgan fingerprint density at radius 3 is 2.81 bits per heavy atom. The molecule has 0 saturated carbocycles. The standard InChI is InChI=1S/C14H16Cl2N4O/c1-10(12-4-3-11(15)7-13(12)16)19(2)14(21)5-6-20-9-17-8-18-20/h3-4,7-10H,5-6H2,1-2H3. The van der Waals surface area contributed by atoms with Gasteiger partial charge in [0, 0.05) is 23.5 Å². The Morgan fingerprint density at radius 1 is 1.43 bits per heavy atom. The molecule has 1 aromatic heterocycles. The molecular weight excluding hydrogens is 311 g/mol. The molecule has 0 aliphatic rings. The minimum absolute atomic E-state index is 0.0176. The summed E-state index contributed by atoms with van der Waals surface area (Å²) in [5.74, 6) is 0.0176. The number of halogens is 2. The molecule has 2 rings (SSSR count). The van der Waals surface area contributed by atoms with Crippen LogP contribution in [0, 0.1) is 0 Å². The Hall–Kier alpha value is -1.59. The van der Waals surface area contributed by atoms with E-state index in [4.69, 9.17) is 23.2 Å². The largest absolute Gasteiger partial charge is 0.339 e. The zero-order chi connectivity index (χ0) is 15.4. The van der Waals surface area contributed by atoms with Crippen LogP contribution in [0.5, 0.6) is 0 Å². The molecule has 0 radical (unpaired) electrons. The molecule has 1 unspecified atom stereocenters. The lowest BCUT2D eigenvalue weighted by atomic mass is 10.1. The molecule has 0 saturated heterocycles. The highest BCUT2D eigenvalue weighted by atomic mass is 35.5. The van der Waals surface area contributed by atoms with Crippen molar-refractivity contribution in [1.29, 1.82) is 0 Å². The zero-order valence-corrected chi connectivity index (χ0v) is 13.3. The van der Waals surface area contributed by atoms with Gasteiger partial charge in [0.25, 0.3) is 0 Å². The molecule has 2 aromatic rings. The molecule has 21 heavy (non-hydrogen) atoms. The van der Waals surface area contributed by atoms with Crippen LogP contribution >= 0.6 is 23.2 Å². The summed E-state index contributed by atoms with van der Waals surface area (Å²) in [5, 5.41) is 5.11. The molecule has 0 N–H and O–H groups in total. The lowest BCUT2D eigenvalue weighted by Gasteiger charge is -2.26. The molecule has 1 atom stereocenters. The highest BCUT2D eigenvalue weighted by Crippen LogP contribution is 2.29. The maximum absolute atomic E-state index is 12.2. The van der Waals surface area contributed by atoms with Gasteiger partial charge in [-0.2, -0.15) is 5.10 Å². The van der Waals surface area contributed by atoms with Crippen molar-refractivity contribution in [3.63, 3.8) is 0 Å². The third kappa shape index (κ3) is 3.95. The number of rotatable bonds is 5. The van der Waals surface area contributed by atoms with E-state index in [1.165, 1.54) is 6.33 Å². The average molecular weight is 327 g/mol. The number of carbonyl (C=O) groups excluding carboxylic acids is 1. The Balaban J connectivity index is 2.00. The summed E-state index contributed by atoms with van der Waals surface area (Å²) < 4.78 is 1.63.